The van der Waals surface area contributed by atoms with E-state index >= 15 is 0 Å². The molecule has 7 heteroatoms. The van der Waals surface area contributed by atoms with Gasteiger partial charge < -0.3 is 10.8 Å². The molecule has 0 saturated heterocycles. The molecule has 0 bridgehead atoms. The highest BCUT2D eigenvalue weighted by molar-refractivity contribution is 9.10. The fourth-order valence-electron chi connectivity index (χ4n) is 1.24. The molecule has 5 nitrogen and oxygen atoms in total. The molecule has 0 aliphatic rings. The summed E-state index contributed by atoms with van der Waals surface area (Å²) in [6.07, 6.45) is 0. The first kappa shape index (κ1) is 14.4. The van der Waals surface area contributed by atoms with Gasteiger partial charge in [-0.25, -0.2) is 8.42 Å². The van der Waals surface area contributed by atoms with Crippen LogP contribution >= 0.6 is 15.9 Å². The van der Waals surface area contributed by atoms with Gasteiger partial charge in [-0.05, 0) is 25.1 Å². The summed E-state index contributed by atoms with van der Waals surface area (Å²) in [4.78, 5) is 0.0367. The van der Waals surface area contributed by atoms with E-state index < -0.39 is 16.1 Å². The summed E-state index contributed by atoms with van der Waals surface area (Å²) >= 11 is 3.20. The fourth-order valence-corrected chi connectivity index (χ4v) is 3.24. The van der Waals surface area contributed by atoms with Gasteiger partial charge in [0, 0.05) is 17.6 Å². The van der Waals surface area contributed by atoms with E-state index in [1.165, 1.54) is 19.2 Å². The van der Waals surface area contributed by atoms with Crippen molar-refractivity contribution in [2.45, 2.75) is 17.9 Å². The molecule has 17 heavy (non-hydrogen) atoms. The van der Waals surface area contributed by atoms with Gasteiger partial charge in [0.05, 0.1) is 12.3 Å². The number of nitrogen functional groups attached to an aromatic ring is 1. The lowest BCUT2D eigenvalue weighted by molar-refractivity contribution is 0.214. The predicted octanol–water partition coefficient (Wildman–Crippen LogP) is 1.03. The van der Waals surface area contributed by atoms with Crippen molar-refractivity contribution < 1.29 is 13.5 Å². The van der Waals surface area contributed by atoms with Crippen LogP contribution in [0.3, 0.4) is 0 Å². The summed E-state index contributed by atoms with van der Waals surface area (Å²) in [6, 6.07) is 4.14. The van der Waals surface area contributed by atoms with E-state index in [9.17, 15) is 8.42 Å². The van der Waals surface area contributed by atoms with Crippen LogP contribution in [0.4, 0.5) is 5.69 Å². The number of benzene rings is 1. The molecule has 1 unspecified atom stereocenters. The van der Waals surface area contributed by atoms with Crippen LogP contribution in [-0.2, 0) is 10.0 Å². The second-order valence-corrected chi connectivity index (χ2v) is 6.62. The highest BCUT2D eigenvalue weighted by Gasteiger charge is 2.26. The number of nitrogens with zero attached hydrogens (tertiary/aromatic N) is 1. The van der Waals surface area contributed by atoms with E-state index in [0.717, 1.165) is 4.31 Å². The number of halogens is 1. The van der Waals surface area contributed by atoms with E-state index in [0.29, 0.717) is 4.47 Å². The topological polar surface area (TPSA) is 83.6 Å². The van der Waals surface area contributed by atoms with Crippen LogP contribution in [0.15, 0.2) is 27.6 Å². The molecule has 1 rings (SSSR count). The van der Waals surface area contributed by atoms with Gasteiger partial charge in [-0.2, -0.15) is 4.31 Å². The van der Waals surface area contributed by atoms with Crippen LogP contribution in [0.5, 0.6) is 0 Å². The highest BCUT2D eigenvalue weighted by Crippen LogP contribution is 2.26. The smallest absolute Gasteiger partial charge is 0.245 e. The minimum absolute atomic E-state index is 0.0367. The summed E-state index contributed by atoms with van der Waals surface area (Å²) in [5.74, 6) is 0. The number of nitrogens with two attached hydrogens (primary N) is 1. The molecule has 0 aliphatic heterocycles. The van der Waals surface area contributed by atoms with Crippen molar-refractivity contribution in [3.05, 3.63) is 22.7 Å². The van der Waals surface area contributed by atoms with E-state index in [1.807, 2.05) is 0 Å². The third-order valence-corrected chi connectivity index (χ3v) is 5.04. The zero-order chi connectivity index (χ0) is 13.2. The van der Waals surface area contributed by atoms with Gasteiger partial charge in [-0.3, -0.25) is 0 Å². The largest absolute Gasteiger partial charge is 0.398 e. The molecule has 1 atom stereocenters. The molecule has 0 amide bonds. The van der Waals surface area contributed by atoms with E-state index in [2.05, 4.69) is 15.9 Å². The molecule has 96 valence electrons. The van der Waals surface area contributed by atoms with Crippen LogP contribution < -0.4 is 5.73 Å². The first-order valence-corrected chi connectivity index (χ1v) is 7.18. The highest BCUT2D eigenvalue weighted by atomic mass is 79.9. The van der Waals surface area contributed by atoms with Crippen molar-refractivity contribution in [3.8, 4) is 0 Å². The van der Waals surface area contributed by atoms with Crippen molar-refractivity contribution in [2.24, 2.45) is 0 Å². The van der Waals surface area contributed by atoms with Gasteiger partial charge in [0.25, 0.3) is 0 Å². The molecule has 0 radical (unpaired) electrons. The number of aliphatic hydroxyl groups excluding tert-OH is 1. The molecule has 3 N–H and O–H groups in total. The number of aliphatic hydroxyl groups is 1. The predicted molar refractivity (Wildman–Crippen MR) is 70.1 cm³/mol. The average molecular weight is 323 g/mol. The summed E-state index contributed by atoms with van der Waals surface area (Å²) in [6.45, 7) is 1.37. The molecule has 0 saturated carbocycles. The molecule has 1 aromatic carbocycles. The van der Waals surface area contributed by atoms with Crippen molar-refractivity contribution in [2.75, 3.05) is 19.4 Å². The van der Waals surface area contributed by atoms with Gasteiger partial charge in [0.1, 0.15) is 4.90 Å². The Kier molecular flexibility index (Phi) is 4.54. The lowest BCUT2D eigenvalue weighted by Gasteiger charge is -2.23. The second kappa shape index (κ2) is 5.34. The standard InChI is InChI=1S/C10H15BrN2O3S/c1-7(6-14)13(2)17(15,16)10-5-8(11)3-4-9(10)12/h3-5,7,14H,6,12H2,1-2H3. The Morgan fingerprint density at radius 1 is 1.53 bits per heavy atom. The van der Waals surface area contributed by atoms with Crippen molar-refractivity contribution in [1.82, 2.24) is 4.31 Å². The van der Waals surface area contributed by atoms with E-state index in [4.69, 9.17) is 10.8 Å². The van der Waals surface area contributed by atoms with Crippen molar-refractivity contribution in [1.29, 1.82) is 0 Å². The Hall–Kier alpha value is -0.630. The lowest BCUT2D eigenvalue weighted by Crippen LogP contribution is -2.37. The van der Waals surface area contributed by atoms with Gasteiger partial charge >= 0.3 is 0 Å². The molecule has 0 aliphatic carbocycles. The maximum atomic E-state index is 12.2. The van der Waals surface area contributed by atoms with Crippen LogP contribution in [0, 0.1) is 0 Å². The lowest BCUT2D eigenvalue weighted by atomic mass is 10.3. The van der Waals surface area contributed by atoms with Gasteiger partial charge in [-0.1, -0.05) is 15.9 Å². The van der Waals surface area contributed by atoms with Crippen LogP contribution in [0.25, 0.3) is 0 Å². The van der Waals surface area contributed by atoms with Crippen LogP contribution in [-0.4, -0.2) is 37.5 Å². The van der Waals surface area contributed by atoms with Crippen molar-refractivity contribution in [3.63, 3.8) is 0 Å². The van der Waals surface area contributed by atoms with Gasteiger partial charge in [0.2, 0.25) is 10.0 Å². The maximum Gasteiger partial charge on any atom is 0.245 e. The van der Waals surface area contributed by atoms with Gasteiger partial charge in [0.15, 0.2) is 0 Å². The Morgan fingerprint density at radius 3 is 2.65 bits per heavy atom. The zero-order valence-electron chi connectivity index (χ0n) is 9.59. The van der Waals surface area contributed by atoms with Gasteiger partial charge in [-0.15, -0.1) is 0 Å². The zero-order valence-corrected chi connectivity index (χ0v) is 12.0. The molecule has 0 fully saturated rings. The van der Waals surface area contributed by atoms with Crippen LogP contribution in [0.2, 0.25) is 0 Å². The summed E-state index contributed by atoms with van der Waals surface area (Å²) in [7, 11) is -2.27. The second-order valence-electron chi connectivity index (χ2n) is 3.73. The number of likely N-dealkylation sites (N-methyl/N-ethyl adjacent to an activating group) is 1. The van der Waals surface area contributed by atoms with Crippen LogP contribution in [0.1, 0.15) is 6.92 Å². The number of hydrogen-bond donors (Lipinski definition) is 2. The molecule has 1 aromatic rings. The maximum absolute atomic E-state index is 12.2. The first-order chi connectivity index (χ1) is 7.80. The van der Waals surface area contributed by atoms with E-state index in [1.54, 1.807) is 13.0 Å². The molecule has 0 aromatic heterocycles. The third-order valence-electron chi connectivity index (χ3n) is 2.52. The minimum atomic E-state index is -3.69. The Bertz CT molecular complexity index is 504. The number of anilines is 1. The quantitative estimate of drug-likeness (QED) is 0.811. The summed E-state index contributed by atoms with van der Waals surface area (Å²) in [5.41, 5.74) is 5.85. The monoisotopic (exact) mass is 322 g/mol. The number of sulfonamides is 1. The minimum Gasteiger partial charge on any atom is -0.398 e. The molecule has 0 spiro atoms. The summed E-state index contributed by atoms with van der Waals surface area (Å²) < 4.78 is 26.2. The third kappa shape index (κ3) is 2.98. The summed E-state index contributed by atoms with van der Waals surface area (Å²) in [5, 5.41) is 8.99. The molecular formula is C10H15BrN2O3S. The molecular weight excluding hydrogens is 308 g/mol. The molecule has 0 heterocycles. The fraction of sp³-hybridized carbons (Fsp3) is 0.400. The number of hydrogen-bond acceptors (Lipinski definition) is 4. The van der Waals surface area contributed by atoms with E-state index in [-0.39, 0.29) is 17.2 Å². The number of rotatable bonds is 4. The van der Waals surface area contributed by atoms with Crippen molar-refractivity contribution >= 4 is 31.6 Å². The average Bonchev–Trinajstić information content (AvgIpc) is 2.30. The Morgan fingerprint density at radius 2 is 2.12 bits per heavy atom. The Labute approximate surface area is 109 Å². The normalized spacial score (nSPS) is 13.9. The first-order valence-electron chi connectivity index (χ1n) is 4.94. The Balaban J connectivity index is 3.26. The SMILES string of the molecule is CC(CO)N(C)S(=O)(=O)c1cc(Br)ccc1N.